The van der Waals surface area contributed by atoms with Gasteiger partial charge in [-0.05, 0) is 34.8 Å². The second-order valence-electron chi connectivity index (χ2n) is 4.11. The number of nitrogens with zero attached hydrogens (tertiary/aromatic N) is 2. The fraction of sp³-hybridized carbons (Fsp3) is 0.545. The molecule has 0 radical (unpaired) electrons. The van der Waals surface area contributed by atoms with Crippen molar-refractivity contribution in [1.82, 2.24) is 10.3 Å². The lowest BCUT2D eigenvalue weighted by Gasteiger charge is -2.18. The molecule has 1 fully saturated rings. The summed E-state index contributed by atoms with van der Waals surface area (Å²) in [4.78, 5) is 5.90. The lowest BCUT2D eigenvalue weighted by atomic mass is 10.4. The smallest absolute Gasteiger partial charge is 0.166 e. The highest BCUT2D eigenvalue weighted by atomic mass is 79.9. The molecule has 1 aromatic heterocycles. The van der Waals surface area contributed by atoms with E-state index in [0.717, 1.165) is 13.1 Å². The van der Waals surface area contributed by atoms with Gasteiger partial charge in [-0.3, -0.25) is 0 Å². The van der Waals surface area contributed by atoms with Crippen molar-refractivity contribution in [2.45, 2.75) is 18.9 Å². The number of likely N-dealkylation sites (N-methyl/N-ethyl adjacent to an activating group) is 1. The predicted octanol–water partition coefficient (Wildman–Crippen LogP) is 2.17. The van der Waals surface area contributed by atoms with E-state index in [1.165, 1.54) is 18.9 Å². The standard InChI is InChI=1S/C11H15BrFN3/c1-16(5-4-14-9-2-3-9)11-10(13)6-8(12)7-15-11/h6-7,9,14H,2-5H2,1H3. The molecule has 88 valence electrons. The molecule has 16 heavy (non-hydrogen) atoms. The number of hydrogen-bond acceptors (Lipinski definition) is 3. The largest absolute Gasteiger partial charge is 0.356 e. The minimum absolute atomic E-state index is 0.289. The Kier molecular flexibility index (Phi) is 3.76. The topological polar surface area (TPSA) is 28.2 Å². The first kappa shape index (κ1) is 11.8. The molecule has 5 heteroatoms. The van der Waals surface area contributed by atoms with Crippen molar-refractivity contribution >= 4 is 21.7 Å². The summed E-state index contributed by atoms with van der Waals surface area (Å²) in [7, 11) is 1.86. The van der Waals surface area contributed by atoms with Crippen molar-refractivity contribution in [3.8, 4) is 0 Å². The van der Waals surface area contributed by atoms with Crippen LogP contribution in [0.4, 0.5) is 10.2 Å². The highest BCUT2D eigenvalue weighted by Crippen LogP contribution is 2.20. The van der Waals surface area contributed by atoms with E-state index in [1.54, 1.807) is 6.20 Å². The van der Waals surface area contributed by atoms with E-state index in [4.69, 9.17) is 0 Å². The number of halogens is 2. The van der Waals surface area contributed by atoms with E-state index >= 15 is 0 Å². The first-order valence-electron chi connectivity index (χ1n) is 5.42. The molecule has 0 atom stereocenters. The fourth-order valence-electron chi connectivity index (χ4n) is 1.52. The van der Waals surface area contributed by atoms with Crippen LogP contribution in [0.2, 0.25) is 0 Å². The Labute approximate surface area is 103 Å². The van der Waals surface area contributed by atoms with Gasteiger partial charge in [-0.15, -0.1) is 0 Å². The monoisotopic (exact) mass is 287 g/mol. The van der Waals surface area contributed by atoms with Gasteiger partial charge in [-0.1, -0.05) is 0 Å². The van der Waals surface area contributed by atoms with Crippen LogP contribution in [0.5, 0.6) is 0 Å². The molecule has 0 saturated heterocycles. The summed E-state index contributed by atoms with van der Waals surface area (Å²) in [5.41, 5.74) is 0. The maximum atomic E-state index is 13.5. The summed E-state index contributed by atoms with van der Waals surface area (Å²) in [6.45, 7) is 1.64. The van der Waals surface area contributed by atoms with Gasteiger partial charge < -0.3 is 10.2 Å². The molecule has 0 bridgehead atoms. The zero-order chi connectivity index (χ0) is 11.5. The first-order chi connectivity index (χ1) is 7.66. The lowest BCUT2D eigenvalue weighted by Crippen LogP contribution is -2.31. The van der Waals surface area contributed by atoms with Gasteiger partial charge in [0.2, 0.25) is 0 Å². The molecule has 2 rings (SSSR count). The van der Waals surface area contributed by atoms with Crippen molar-refractivity contribution in [2.24, 2.45) is 0 Å². The van der Waals surface area contributed by atoms with E-state index in [2.05, 4.69) is 26.2 Å². The van der Waals surface area contributed by atoms with E-state index in [9.17, 15) is 4.39 Å². The molecular weight excluding hydrogens is 273 g/mol. The molecule has 0 unspecified atom stereocenters. The van der Waals surface area contributed by atoms with Crippen LogP contribution in [-0.2, 0) is 0 Å². The molecule has 1 N–H and O–H groups in total. The van der Waals surface area contributed by atoms with Gasteiger partial charge in [-0.25, -0.2) is 9.37 Å². The quantitative estimate of drug-likeness (QED) is 0.900. The molecule has 1 aromatic rings. The maximum Gasteiger partial charge on any atom is 0.166 e. The minimum atomic E-state index is -0.289. The normalized spacial score (nSPS) is 15.2. The summed E-state index contributed by atoms with van der Waals surface area (Å²) in [6.07, 6.45) is 4.16. The lowest BCUT2D eigenvalue weighted by molar-refractivity contribution is 0.607. The zero-order valence-electron chi connectivity index (χ0n) is 9.21. The van der Waals surface area contributed by atoms with Crippen molar-refractivity contribution in [3.63, 3.8) is 0 Å². The van der Waals surface area contributed by atoms with Gasteiger partial charge in [0, 0.05) is 36.8 Å². The van der Waals surface area contributed by atoms with Crippen LogP contribution in [0.1, 0.15) is 12.8 Å². The minimum Gasteiger partial charge on any atom is -0.356 e. The van der Waals surface area contributed by atoms with Crippen molar-refractivity contribution in [1.29, 1.82) is 0 Å². The highest BCUT2D eigenvalue weighted by Gasteiger charge is 2.20. The van der Waals surface area contributed by atoms with Crippen molar-refractivity contribution < 1.29 is 4.39 Å². The number of hydrogen-bond donors (Lipinski definition) is 1. The zero-order valence-corrected chi connectivity index (χ0v) is 10.8. The summed E-state index contributed by atoms with van der Waals surface area (Å²) in [6, 6.07) is 2.13. The molecule has 0 spiro atoms. The van der Waals surface area contributed by atoms with Gasteiger partial charge in [-0.2, -0.15) is 0 Å². The van der Waals surface area contributed by atoms with E-state index in [1.807, 2.05) is 11.9 Å². The Morgan fingerprint density at radius 1 is 1.62 bits per heavy atom. The van der Waals surface area contributed by atoms with Crippen LogP contribution in [0.25, 0.3) is 0 Å². The third kappa shape index (κ3) is 3.15. The summed E-state index contributed by atoms with van der Waals surface area (Å²) in [5.74, 6) is 0.115. The summed E-state index contributed by atoms with van der Waals surface area (Å²) >= 11 is 3.19. The van der Waals surface area contributed by atoms with Crippen molar-refractivity contribution in [3.05, 3.63) is 22.6 Å². The molecule has 3 nitrogen and oxygen atoms in total. The number of anilines is 1. The molecule has 1 aliphatic carbocycles. The molecule has 0 amide bonds. The van der Waals surface area contributed by atoms with E-state index in [-0.39, 0.29) is 5.82 Å². The Balaban J connectivity index is 1.88. The predicted molar refractivity (Wildman–Crippen MR) is 66.2 cm³/mol. The van der Waals surface area contributed by atoms with E-state index in [0.29, 0.717) is 16.3 Å². The summed E-state index contributed by atoms with van der Waals surface area (Å²) in [5, 5.41) is 3.39. The Hall–Kier alpha value is -0.680. The molecule has 0 aliphatic heterocycles. The second-order valence-corrected chi connectivity index (χ2v) is 5.02. The second kappa shape index (κ2) is 5.10. The number of aromatic nitrogens is 1. The third-order valence-corrected chi connectivity index (χ3v) is 3.04. The third-order valence-electron chi connectivity index (χ3n) is 2.61. The van der Waals surface area contributed by atoms with Crippen LogP contribution >= 0.6 is 15.9 Å². The summed E-state index contributed by atoms with van der Waals surface area (Å²) < 4.78 is 14.2. The molecule has 1 aliphatic rings. The Morgan fingerprint density at radius 2 is 2.38 bits per heavy atom. The molecule has 1 heterocycles. The maximum absolute atomic E-state index is 13.5. The van der Waals surface area contributed by atoms with Gasteiger partial charge >= 0.3 is 0 Å². The highest BCUT2D eigenvalue weighted by molar-refractivity contribution is 9.10. The van der Waals surface area contributed by atoms with Crippen LogP contribution in [0, 0.1) is 5.82 Å². The van der Waals surface area contributed by atoms with Crippen LogP contribution in [0.15, 0.2) is 16.7 Å². The van der Waals surface area contributed by atoms with Gasteiger partial charge in [0.25, 0.3) is 0 Å². The number of rotatable bonds is 5. The number of pyridine rings is 1. The SMILES string of the molecule is CN(CCNC1CC1)c1ncc(Br)cc1F. The Morgan fingerprint density at radius 3 is 3.00 bits per heavy atom. The first-order valence-corrected chi connectivity index (χ1v) is 6.21. The van der Waals surface area contributed by atoms with Crippen LogP contribution in [0.3, 0.4) is 0 Å². The van der Waals surface area contributed by atoms with Gasteiger partial charge in [0.1, 0.15) is 0 Å². The average molecular weight is 288 g/mol. The van der Waals surface area contributed by atoms with Crippen molar-refractivity contribution in [2.75, 3.05) is 25.0 Å². The van der Waals surface area contributed by atoms with Gasteiger partial charge in [0.15, 0.2) is 11.6 Å². The Bertz CT molecular complexity index is 368. The number of nitrogens with one attached hydrogen (secondary N) is 1. The van der Waals surface area contributed by atoms with Crippen LogP contribution < -0.4 is 10.2 Å². The van der Waals surface area contributed by atoms with Crippen LogP contribution in [-0.4, -0.2) is 31.2 Å². The van der Waals surface area contributed by atoms with E-state index < -0.39 is 0 Å². The fourth-order valence-corrected chi connectivity index (χ4v) is 1.82. The molecule has 0 aromatic carbocycles. The molecular formula is C11H15BrFN3. The van der Waals surface area contributed by atoms with Gasteiger partial charge in [0.05, 0.1) is 0 Å². The average Bonchev–Trinajstić information content (AvgIpc) is 3.01. The molecule has 1 saturated carbocycles.